The van der Waals surface area contributed by atoms with Gasteiger partial charge in [0.1, 0.15) is 17.4 Å². The molecule has 0 fully saturated rings. The highest BCUT2D eigenvalue weighted by molar-refractivity contribution is 7.18. The van der Waals surface area contributed by atoms with E-state index in [9.17, 15) is 4.39 Å². The fourth-order valence-corrected chi connectivity index (χ4v) is 5.70. The van der Waals surface area contributed by atoms with Gasteiger partial charge in [0, 0.05) is 22.5 Å². The summed E-state index contributed by atoms with van der Waals surface area (Å²) in [6.07, 6.45) is 2.30. The van der Waals surface area contributed by atoms with E-state index in [1.807, 2.05) is 33.8 Å². The lowest BCUT2D eigenvalue weighted by atomic mass is 10.0. The molecule has 0 saturated heterocycles. The number of methoxy groups -OCH3 is 1. The molecule has 0 radical (unpaired) electrons. The molecule has 0 aliphatic rings. The molecule has 4 aromatic rings. The first-order valence-electron chi connectivity index (χ1n) is 11.5. The summed E-state index contributed by atoms with van der Waals surface area (Å²) in [6, 6.07) is 9.62. The summed E-state index contributed by atoms with van der Waals surface area (Å²) in [6.45, 7) is 12.4. The van der Waals surface area contributed by atoms with Gasteiger partial charge in [-0.3, -0.25) is 4.99 Å². The Morgan fingerprint density at radius 3 is 2.54 bits per heavy atom. The molecule has 35 heavy (non-hydrogen) atoms. The van der Waals surface area contributed by atoms with Crippen molar-refractivity contribution in [3.05, 3.63) is 81.8 Å². The van der Waals surface area contributed by atoms with Crippen LogP contribution in [-0.4, -0.2) is 24.5 Å². The molecule has 2 aromatic heterocycles. The summed E-state index contributed by atoms with van der Waals surface area (Å²) in [5.74, 6) is 1.13. The first-order chi connectivity index (χ1) is 16.7. The van der Waals surface area contributed by atoms with E-state index in [0.29, 0.717) is 24.3 Å². The van der Waals surface area contributed by atoms with Crippen LogP contribution in [0, 0.1) is 33.5 Å². The Labute approximate surface area is 209 Å². The van der Waals surface area contributed by atoms with Gasteiger partial charge in [0.15, 0.2) is 0 Å². The molecule has 5 nitrogen and oxygen atoms in total. The van der Waals surface area contributed by atoms with Crippen LogP contribution in [0.25, 0.3) is 21.3 Å². The summed E-state index contributed by atoms with van der Waals surface area (Å²) in [5, 5.41) is 4.13. The van der Waals surface area contributed by atoms with Crippen molar-refractivity contribution in [1.29, 1.82) is 0 Å². The number of rotatable bonds is 8. The molecule has 2 aromatic carbocycles. The number of ether oxygens (including phenoxy) is 1. The molecule has 0 amide bonds. The maximum absolute atomic E-state index is 14.3. The Morgan fingerprint density at radius 2 is 1.89 bits per heavy atom. The van der Waals surface area contributed by atoms with Gasteiger partial charge < -0.3 is 20.8 Å². The Bertz CT molecular complexity index is 1420. The standard InChI is InChI=1S/C28H31FN4OS/c1-7-31-22-14-23(19-12-16(3)26(34-6)17(4)13-19)35-27(22)28(30)32-11-10-20-18(5)33-25-21(29)9-8-15(2)24(20)25/h7-9,12-14,31,33H,1,10-11H2,2-6H3,(H2,30,32). The highest BCUT2D eigenvalue weighted by Crippen LogP contribution is 2.38. The van der Waals surface area contributed by atoms with E-state index in [2.05, 4.69) is 40.1 Å². The topological polar surface area (TPSA) is 75.4 Å². The smallest absolute Gasteiger partial charge is 0.147 e. The minimum atomic E-state index is -0.238. The number of aliphatic imine (C=N–C) groups is 1. The van der Waals surface area contributed by atoms with Gasteiger partial charge in [-0.15, -0.1) is 11.3 Å². The molecule has 0 atom stereocenters. The number of amidine groups is 1. The molecular weight excluding hydrogens is 459 g/mol. The summed E-state index contributed by atoms with van der Waals surface area (Å²) in [7, 11) is 1.69. The Balaban J connectivity index is 1.63. The lowest BCUT2D eigenvalue weighted by molar-refractivity contribution is 0.408. The fraction of sp³-hybridized carbons (Fsp3) is 0.250. The summed E-state index contributed by atoms with van der Waals surface area (Å²) >= 11 is 1.59. The van der Waals surface area contributed by atoms with Crippen molar-refractivity contribution in [3.63, 3.8) is 0 Å². The number of hydrogen-bond acceptors (Lipinski definition) is 4. The Hall–Kier alpha value is -3.58. The second-order valence-corrected chi connectivity index (χ2v) is 9.76. The van der Waals surface area contributed by atoms with Crippen molar-refractivity contribution in [2.24, 2.45) is 10.7 Å². The minimum absolute atomic E-state index is 0.238. The van der Waals surface area contributed by atoms with Gasteiger partial charge in [0.05, 0.1) is 23.2 Å². The number of anilines is 1. The first-order valence-corrected chi connectivity index (χ1v) is 12.3. The number of thiophene rings is 1. The van der Waals surface area contributed by atoms with Crippen LogP contribution in [0.2, 0.25) is 0 Å². The number of nitrogens with zero attached hydrogens (tertiary/aromatic N) is 1. The predicted octanol–water partition coefficient (Wildman–Crippen LogP) is 6.78. The molecule has 0 unspecified atom stereocenters. The van der Waals surface area contributed by atoms with Crippen molar-refractivity contribution < 1.29 is 9.13 Å². The molecule has 182 valence electrons. The minimum Gasteiger partial charge on any atom is -0.496 e. The second-order valence-electron chi connectivity index (χ2n) is 8.71. The zero-order valence-corrected chi connectivity index (χ0v) is 21.6. The average Bonchev–Trinajstić information content (AvgIpc) is 3.38. The third kappa shape index (κ3) is 4.68. The summed E-state index contributed by atoms with van der Waals surface area (Å²) < 4.78 is 19.8. The van der Waals surface area contributed by atoms with E-state index in [1.165, 1.54) is 6.07 Å². The highest BCUT2D eigenvalue weighted by atomic mass is 32.1. The second kappa shape index (κ2) is 9.96. The van der Waals surface area contributed by atoms with E-state index < -0.39 is 0 Å². The van der Waals surface area contributed by atoms with Crippen molar-refractivity contribution >= 4 is 33.8 Å². The van der Waals surface area contributed by atoms with Crippen LogP contribution in [0.15, 0.2) is 48.1 Å². The van der Waals surface area contributed by atoms with Crippen LogP contribution in [0.5, 0.6) is 5.75 Å². The van der Waals surface area contributed by atoms with Gasteiger partial charge in [-0.05, 0) is 92.4 Å². The fourth-order valence-electron chi connectivity index (χ4n) is 4.67. The van der Waals surface area contributed by atoms with E-state index in [-0.39, 0.29) is 5.82 Å². The van der Waals surface area contributed by atoms with E-state index >= 15 is 0 Å². The summed E-state index contributed by atoms with van der Waals surface area (Å²) in [5.41, 5.74) is 14.2. The van der Waals surface area contributed by atoms with Crippen LogP contribution in [0.3, 0.4) is 0 Å². The van der Waals surface area contributed by atoms with Crippen LogP contribution >= 0.6 is 11.3 Å². The maximum Gasteiger partial charge on any atom is 0.147 e. The first kappa shape index (κ1) is 24.5. The molecule has 7 heteroatoms. The number of hydrogen-bond donors (Lipinski definition) is 3. The summed E-state index contributed by atoms with van der Waals surface area (Å²) in [4.78, 5) is 9.82. The number of benzene rings is 2. The molecule has 0 aliphatic heterocycles. The number of nitrogens with two attached hydrogens (primary N) is 1. The van der Waals surface area contributed by atoms with Gasteiger partial charge in [0.2, 0.25) is 0 Å². The van der Waals surface area contributed by atoms with Crippen LogP contribution in [-0.2, 0) is 6.42 Å². The number of aryl methyl sites for hydroxylation is 4. The van der Waals surface area contributed by atoms with Gasteiger partial charge in [-0.2, -0.15) is 0 Å². The molecule has 0 saturated carbocycles. The average molecular weight is 491 g/mol. The quantitative estimate of drug-likeness (QED) is 0.188. The lowest BCUT2D eigenvalue weighted by Crippen LogP contribution is -2.14. The molecule has 4 N–H and O–H groups in total. The Kier molecular flexibility index (Phi) is 6.98. The molecule has 2 heterocycles. The number of H-pyrrole nitrogens is 1. The number of aromatic nitrogens is 1. The normalized spacial score (nSPS) is 11.8. The Morgan fingerprint density at radius 1 is 1.17 bits per heavy atom. The van der Waals surface area contributed by atoms with Crippen LogP contribution in [0.4, 0.5) is 10.1 Å². The largest absolute Gasteiger partial charge is 0.496 e. The van der Waals surface area contributed by atoms with Crippen LogP contribution < -0.4 is 15.8 Å². The van der Waals surface area contributed by atoms with Gasteiger partial charge in [-0.1, -0.05) is 12.6 Å². The zero-order chi connectivity index (χ0) is 25.3. The van der Waals surface area contributed by atoms with E-state index in [0.717, 1.165) is 60.1 Å². The number of halogens is 1. The third-order valence-electron chi connectivity index (χ3n) is 6.24. The van der Waals surface area contributed by atoms with Gasteiger partial charge in [-0.25, -0.2) is 4.39 Å². The van der Waals surface area contributed by atoms with E-state index in [4.69, 9.17) is 10.5 Å². The highest BCUT2D eigenvalue weighted by Gasteiger charge is 2.16. The molecule has 0 aliphatic carbocycles. The van der Waals surface area contributed by atoms with E-state index in [1.54, 1.807) is 24.6 Å². The van der Waals surface area contributed by atoms with Gasteiger partial charge in [0.25, 0.3) is 0 Å². The number of nitrogens with one attached hydrogen (secondary N) is 2. The maximum atomic E-state index is 14.3. The zero-order valence-electron chi connectivity index (χ0n) is 20.8. The molecule has 0 spiro atoms. The third-order valence-corrected chi connectivity index (χ3v) is 7.45. The van der Waals surface area contributed by atoms with Crippen LogP contribution in [0.1, 0.15) is 32.8 Å². The number of aromatic amines is 1. The van der Waals surface area contributed by atoms with Gasteiger partial charge >= 0.3 is 0 Å². The SMILES string of the molecule is C=CNc1cc(-c2cc(C)c(OC)c(C)c2)sc1C(N)=NCCc1c(C)[nH]c2c(F)ccc(C)c12. The molecule has 0 bridgehead atoms. The number of fused-ring (bicyclic) bond motifs is 1. The van der Waals surface area contributed by atoms with Crippen molar-refractivity contribution in [3.8, 4) is 16.2 Å². The molecule has 4 rings (SSSR count). The van der Waals surface area contributed by atoms with Crippen molar-refractivity contribution in [2.45, 2.75) is 34.1 Å². The van der Waals surface area contributed by atoms with Crippen molar-refractivity contribution in [2.75, 3.05) is 19.0 Å². The molecular formula is C28H31FN4OS. The lowest BCUT2D eigenvalue weighted by Gasteiger charge is -2.10. The predicted molar refractivity (Wildman–Crippen MR) is 147 cm³/mol. The van der Waals surface area contributed by atoms with Crippen molar-refractivity contribution in [1.82, 2.24) is 4.98 Å². The monoisotopic (exact) mass is 490 g/mol.